The van der Waals surface area contributed by atoms with E-state index in [0.29, 0.717) is 5.56 Å². The first-order valence-corrected chi connectivity index (χ1v) is 5.86. The van der Waals surface area contributed by atoms with Gasteiger partial charge in [0.2, 0.25) is 0 Å². The Balaban J connectivity index is 2.61. The van der Waals surface area contributed by atoms with E-state index in [-0.39, 0.29) is 17.9 Å². The van der Waals surface area contributed by atoms with E-state index < -0.39 is 15.1 Å². The first-order valence-electron chi connectivity index (χ1n) is 4.42. The van der Waals surface area contributed by atoms with Crippen molar-refractivity contribution in [2.24, 2.45) is 0 Å². The Hall–Kier alpha value is -1.67. The van der Waals surface area contributed by atoms with E-state index in [1.54, 1.807) is 6.07 Å². The van der Waals surface area contributed by atoms with E-state index in [4.69, 9.17) is 0 Å². The fraction of sp³-hybridized carbons (Fsp3) is 0.250. The second kappa shape index (κ2) is 3.42. The third kappa shape index (κ3) is 1.61. The van der Waals surface area contributed by atoms with Gasteiger partial charge in [-0.15, -0.1) is 0 Å². The van der Waals surface area contributed by atoms with E-state index in [2.05, 4.69) is 4.72 Å². The Morgan fingerprint density at radius 3 is 2.81 bits per heavy atom. The first kappa shape index (κ1) is 10.8. The number of rotatable bonds is 1. The highest BCUT2D eigenvalue weighted by Crippen LogP contribution is 2.33. The lowest BCUT2D eigenvalue weighted by Crippen LogP contribution is -2.36. The summed E-state index contributed by atoms with van der Waals surface area (Å²) in [4.78, 5) is 10.1. The van der Waals surface area contributed by atoms with Crippen molar-refractivity contribution in [3.8, 4) is 0 Å². The van der Waals surface area contributed by atoms with Gasteiger partial charge in [-0.3, -0.25) is 14.8 Å². The fourth-order valence-electron chi connectivity index (χ4n) is 1.52. The van der Waals surface area contributed by atoms with Crippen LogP contribution in [0.5, 0.6) is 0 Å². The standard InChI is InChI=1S/C8H9N3O4S/c1-10-5-6-3-2-4-7(11(12)13)8(6)9-16(10,14)15/h2-4,9H,5H2,1H3. The largest absolute Gasteiger partial charge is 0.301 e. The highest BCUT2D eigenvalue weighted by molar-refractivity contribution is 7.90. The summed E-state index contributed by atoms with van der Waals surface area (Å²) in [5.74, 6) is 0. The van der Waals surface area contributed by atoms with Crippen molar-refractivity contribution in [3.63, 3.8) is 0 Å². The highest BCUT2D eigenvalue weighted by atomic mass is 32.2. The fourth-order valence-corrected chi connectivity index (χ4v) is 2.48. The van der Waals surface area contributed by atoms with Crippen LogP contribution in [0.1, 0.15) is 5.56 Å². The molecule has 1 aromatic rings. The molecule has 0 saturated heterocycles. The maximum Gasteiger partial charge on any atom is 0.301 e. The molecule has 2 rings (SSSR count). The number of hydrogen-bond acceptors (Lipinski definition) is 4. The summed E-state index contributed by atoms with van der Waals surface area (Å²) in [7, 11) is -2.25. The van der Waals surface area contributed by atoms with Crippen LogP contribution in [0.3, 0.4) is 0 Å². The Morgan fingerprint density at radius 2 is 2.19 bits per heavy atom. The third-order valence-corrected chi connectivity index (χ3v) is 3.77. The van der Waals surface area contributed by atoms with Crippen LogP contribution in [0, 0.1) is 10.1 Å². The van der Waals surface area contributed by atoms with Gasteiger partial charge in [-0.2, -0.15) is 12.7 Å². The lowest BCUT2D eigenvalue weighted by Gasteiger charge is -2.25. The van der Waals surface area contributed by atoms with E-state index in [9.17, 15) is 18.5 Å². The summed E-state index contributed by atoms with van der Waals surface area (Å²) < 4.78 is 26.3. The summed E-state index contributed by atoms with van der Waals surface area (Å²) in [5.41, 5.74) is 0.423. The van der Waals surface area contributed by atoms with Gasteiger partial charge >= 0.3 is 10.2 Å². The number of hydrogen-bond donors (Lipinski definition) is 1. The minimum Gasteiger partial charge on any atom is -0.264 e. The smallest absolute Gasteiger partial charge is 0.264 e. The average Bonchev–Trinajstić information content (AvgIpc) is 2.18. The summed E-state index contributed by atoms with van der Waals surface area (Å²) in [5, 5.41) is 10.7. The molecule has 7 nitrogen and oxygen atoms in total. The topological polar surface area (TPSA) is 92.5 Å². The van der Waals surface area contributed by atoms with Crippen molar-refractivity contribution in [2.75, 3.05) is 11.8 Å². The molecule has 0 unspecified atom stereocenters. The second-order valence-corrected chi connectivity index (χ2v) is 5.21. The van der Waals surface area contributed by atoms with Gasteiger partial charge in [-0.1, -0.05) is 12.1 Å². The number of nitrogens with zero attached hydrogens (tertiary/aromatic N) is 2. The van der Waals surface area contributed by atoms with E-state index in [0.717, 1.165) is 4.31 Å². The van der Waals surface area contributed by atoms with Crippen molar-refractivity contribution in [1.82, 2.24) is 4.31 Å². The Bertz CT molecular complexity index is 554. The van der Waals surface area contributed by atoms with Gasteiger partial charge < -0.3 is 0 Å². The van der Waals surface area contributed by atoms with Crippen LogP contribution < -0.4 is 4.72 Å². The predicted molar refractivity (Wildman–Crippen MR) is 57.1 cm³/mol. The van der Waals surface area contributed by atoms with Crippen molar-refractivity contribution in [2.45, 2.75) is 6.54 Å². The molecule has 0 radical (unpaired) electrons. The third-order valence-electron chi connectivity index (χ3n) is 2.36. The van der Waals surface area contributed by atoms with Gasteiger partial charge in [0.25, 0.3) is 5.69 Å². The maximum atomic E-state index is 11.5. The number of nitrogens with one attached hydrogen (secondary N) is 1. The van der Waals surface area contributed by atoms with Gasteiger partial charge in [0.1, 0.15) is 5.69 Å². The van der Waals surface area contributed by atoms with Crippen LogP contribution in [0.2, 0.25) is 0 Å². The minimum absolute atomic E-state index is 0.0607. The number of anilines is 1. The Kier molecular flexibility index (Phi) is 2.32. The van der Waals surface area contributed by atoms with Gasteiger partial charge in [-0.25, -0.2) is 0 Å². The molecule has 8 heteroatoms. The minimum atomic E-state index is -3.65. The molecule has 1 aliphatic rings. The van der Waals surface area contributed by atoms with Gasteiger partial charge in [0.05, 0.1) is 4.92 Å². The maximum absolute atomic E-state index is 11.5. The SMILES string of the molecule is CN1Cc2cccc([N+](=O)[O-])c2NS1(=O)=O. The zero-order valence-electron chi connectivity index (χ0n) is 8.37. The molecule has 86 valence electrons. The van der Waals surface area contributed by atoms with Crippen molar-refractivity contribution in [3.05, 3.63) is 33.9 Å². The molecule has 0 spiro atoms. The van der Waals surface area contributed by atoms with Crippen LogP contribution in [0.25, 0.3) is 0 Å². The number of benzene rings is 1. The van der Waals surface area contributed by atoms with Crippen LogP contribution >= 0.6 is 0 Å². The lowest BCUT2D eigenvalue weighted by atomic mass is 10.1. The number of nitro benzene ring substituents is 1. The summed E-state index contributed by atoms with van der Waals surface area (Å²) in [6.45, 7) is 0.131. The van der Waals surface area contributed by atoms with Gasteiger partial charge in [0.15, 0.2) is 0 Å². The van der Waals surface area contributed by atoms with E-state index >= 15 is 0 Å². The molecule has 0 saturated carbocycles. The molecule has 0 aliphatic carbocycles. The molecule has 0 fully saturated rings. The van der Waals surface area contributed by atoms with Crippen LogP contribution in [0.15, 0.2) is 18.2 Å². The molecule has 1 N–H and O–H groups in total. The normalized spacial score (nSPS) is 18.6. The number of fused-ring (bicyclic) bond motifs is 1. The zero-order valence-corrected chi connectivity index (χ0v) is 9.19. The number of para-hydroxylation sites is 1. The van der Waals surface area contributed by atoms with Crippen LogP contribution in [-0.4, -0.2) is 24.7 Å². The van der Waals surface area contributed by atoms with Crippen LogP contribution in [0.4, 0.5) is 11.4 Å². The monoisotopic (exact) mass is 243 g/mol. The van der Waals surface area contributed by atoms with E-state index in [1.807, 2.05) is 0 Å². The van der Waals surface area contributed by atoms with E-state index in [1.165, 1.54) is 19.2 Å². The number of nitro groups is 1. The molecule has 1 aromatic carbocycles. The molecule has 0 atom stereocenters. The second-order valence-electron chi connectivity index (χ2n) is 3.43. The lowest BCUT2D eigenvalue weighted by molar-refractivity contribution is -0.384. The summed E-state index contributed by atoms with van der Waals surface area (Å²) in [6, 6.07) is 4.46. The van der Waals surface area contributed by atoms with Crippen LogP contribution in [-0.2, 0) is 16.8 Å². The molecule has 1 heterocycles. The Labute approximate surface area is 92.0 Å². The zero-order chi connectivity index (χ0) is 11.9. The summed E-state index contributed by atoms with van der Waals surface area (Å²) in [6.07, 6.45) is 0. The summed E-state index contributed by atoms with van der Waals surface area (Å²) >= 11 is 0. The van der Waals surface area contributed by atoms with Crippen molar-refractivity contribution in [1.29, 1.82) is 0 Å². The molecular weight excluding hydrogens is 234 g/mol. The molecular formula is C8H9N3O4S. The highest BCUT2D eigenvalue weighted by Gasteiger charge is 2.30. The van der Waals surface area contributed by atoms with Crippen molar-refractivity contribution >= 4 is 21.6 Å². The first-order chi connectivity index (χ1) is 7.42. The van der Waals surface area contributed by atoms with Gasteiger partial charge in [0, 0.05) is 19.7 Å². The average molecular weight is 243 g/mol. The Morgan fingerprint density at radius 1 is 1.50 bits per heavy atom. The van der Waals surface area contributed by atoms with Crippen molar-refractivity contribution < 1.29 is 13.3 Å². The molecule has 0 amide bonds. The predicted octanol–water partition coefficient (Wildman–Crippen LogP) is 0.697. The molecule has 0 bridgehead atoms. The van der Waals surface area contributed by atoms with Gasteiger partial charge in [-0.05, 0) is 5.56 Å². The molecule has 1 aliphatic heterocycles. The molecule has 0 aromatic heterocycles. The molecule has 16 heavy (non-hydrogen) atoms. The quantitative estimate of drug-likeness (QED) is 0.580.